The van der Waals surface area contributed by atoms with E-state index in [-0.39, 0.29) is 10.5 Å². The summed E-state index contributed by atoms with van der Waals surface area (Å²) in [6.07, 6.45) is 5.51. The standard InChI is InChI=1S/C22H26N4O4S/c1-22(2,29)12-9-10-15(20(23)27)18(11-12)31(30)26-21(28)25-19-13-5-3-7-16(13)24-17-8-4-6-14(17)19/h9-11,29H,3-8H2,1-2H3,(H2,23,27)(H2,24,25,26,28)/t31-/m1/s1. The second-order valence-corrected chi connectivity index (χ2v) is 9.68. The van der Waals surface area contributed by atoms with E-state index in [9.17, 15) is 19.2 Å². The van der Waals surface area contributed by atoms with Crippen LogP contribution in [-0.4, -0.2) is 26.6 Å². The maximum atomic E-state index is 13.0. The number of fused-ring (bicyclic) bond motifs is 2. The number of nitrogens with zero attached hydrogens (tertiary/aromatic N) is 1. The van der Waals surface area contributed by atoms with E-state index in [1.54, 1.807) is 19.9 Å². The van der Waals surface area contributed by atoms with Gasteiger partial charge in [0, 0.05) is 17.5 Å². The quantitative estimate of drug-likeness (QED) is 0.526. The molecule has 1 aromatic carbocycles. The highest BCUT2D eigenvalue weighted by molar-refractivity contribution is 7.90. The number of amides is 3. The molecule has 1 aromatic heterocycles. The Morgan fingerprint density at radius 3 is 2.29 bits per heavy atom. The summed E-state index contributed by atoms with van der Waals surface area (Å²) >= 11 is -2.05. The average Bonchev–Trinajstić information content (AvgIpc) is 3.35. The van der Waals surface area contributed by atoms with Crippen molar-refractivity contribution in [2.45, 2.75) is 62.9 Å². The number of nitrogens with two attached hydrogens (primary N) is 1. The third-order valence-corrected chi connectivity index (χ3v) is 6.94. The molecule has 31 heavy (non-hydrogen) atoms. The molecule has 1 heterocycles. The van der Waals surface area contributed by atoms with Gasteiger partial charge in [0.15, 0.2) is 4.90 Å². The van der Waals surface area contributed by atoms with Gasteiger partial charge < -0.3 is 20.7 Å². The molecule has 0 fully saturated rings. The topological polar surface area (TPSA) is 140 Å². The fraction of sp³-hybridized carbons (Fsp3) is 0.409. The van der Waals surface area contributed by atoms with Gasteiger partial charge in [-0.15, -0.1) is 4.72 Å². The summed E-state index contributed by atoms with van der Waals surface area (Å²) in [5.41, 5.74) is 9.65. The van der Waals surface area contributed by atoms with Gasteiger partial charge in [0.2, 0.25) is 0 Å². The molecule has 0 radical (unpaired) electrons. The number of aromatic nitrogens is 1. The second kappa shape index (κ2) is 8.14. The van der Waals surface area contributed by atoms with Gasteiger partial charge in [-0.25, -0.2) is 4.79 Å². The van der Waals surface area contributed by atoms with Crippen LogP contribution < -0.4 is 15.8 Å². The van der Waals surface area contributed by atoms with Gasteiger partial charge in [-0.05, 0) is 75.1 Å². The first-order valence-corrected chi connectivity index (χ1v) is 11.5. The summed E-state index contributed by atoms with van der Waals surface area (Å²) in [7, 11) is 0. The van der Waals surface area contributed by atoms with Gasteiger partial charge in [-0.2, -0.15) is 0 Å². The van der Waals surface area contributed by atoms with Crippen LogP contribution in [0, 0.1) is 0 Å². The van der Waals surface area contributed by atoms with Gasteiger partial charge in [0.05, 0.1) is 16.9 Å². The molecule has 0 spiro atoms. The van der Waals surface area contributed by atoms with Crippen molar-refractivity contribution in [1.29, 1.82) is 0 Å². The van der Waals surface area contributed by atoms with E-state index in [0.717, 1.165) is 66.7 Å². The molecular weight excluding hydrogens is 416 g/mol. The van der Waals surface area contributed by atoms with E-state index in [1.165, 1.54) is 12.1 Å². The monoisotopic (exact) mass is 442 g/mol. The Balaban J connectivity index is 1.59. The van der Waals surface area contributed by atoms with Crippen molar-refractivity contribution in [3.63, 3.8) is 0 Å². The summed E-state index contributed by atoms with van der Waals surface area (Å²) in [6.45, 7) is 3.15. The number of hydrogen-bond acceptors (Lipinski definition) is 5. The van der Waals surface area contributed by atoms with Gasteiger partial charge >= 0.3 is 6.03 Å². The lowest BCUT2D eigenvalue weighted by molar-refractivity contribution is 0.0781. The van der Waals surface area contributed by atoms with Crippen molar-refractivity contribution in [2.24, 2.45) is 5.73 Å². The lowest BCUT2D eigenvalue weighted by Gasteiger charge is -2.20. The zero-order chi connectivity index (χ0) is 22.3. The van der Waals surface area contributed by atoms with Crippen LogP contribution in [-0.2, 0) is 42.6 Å². The number of aryl methyl sites for hydroxylation is 2. The maximum Gasteiger partial charge on any atom is 0.361 e. The molecule has 3 amide bonds. The number of urea groups is 1. The molecule has 0 saturated heterocycles. The third-order valence-electron chi connectivity index (χ3n) is 5.83. The van der Waals surface area contributed by atoms with Crippen molar-refractivity contribution < 1.29 is 19.2 Å². The van der Waals surface area contributed by atoms with Crippen molar-refractivity contribution in [2.75, 3.05) is 5.32 Å². The number of aliphatic hydroxyl groups is 1. The molecule has 2 aromatic rings. The van der Waals surface area contributed by atoms with E-state index >= 15 is 0 Å². The third kappa shape index (κ3) is 4.26. The summed E-state index contributed by atoms with van der Waals surface area (Å²) in [4.78, 5) is 29.4. The van der Waals surface area contributed by atoms with E-state index in [2.05, 4.69) is 10.0 Å². The van der Waals surface area contributed by atoms with Crippen LogP contribution in [0.15, 0.2) is 23.1 Å². The molecule has 2 aliphatic rings. The maximum absolute atomic E-state index is 13.0. The number of carbonyl (C=O) groups excluding carboxylic acids is 2. The zero-order valence-corrected chi connectivity index (χ0v) is 18.4. The molecule has 2 aliphatic carbocycles. The lowest BCUT2D eigenvalue weighted by atomic mass is 9.97. The van der Waals surface area contributed by atoms with Crippen LogP contribution in [0.3, 0.4) is 0 Å². The van der Waals surface area contributed by atoms with Crippen LogP contribution in [0.2, 0.25) is 0 Å². The summed E-state index contributed by atoms with van der Waals surface area (Å²) in [5, 5.41) is 13.1. The Hall–Kier alpha value is -2.62. The van der Waals surface area contributed by atoms with E-state index in [0.29, 0.717) is 5.56 Å². The fourth-order valence-electron chi connectivity index (χ4n) is 4.27. The Bertz CT molecular complexity index is 1030. The fourth-order valence-corrected chi connectivity index (χ4v) is 5.21. The van der Waals surface area contributed by atoms with E-state index in [1.807, 2.05) is 0 Å². The zero-order valence-electron chi connectivity index (χ0n) is 17.6. The molecule has 4 rings (SSSR count). The molecule has 0 saturated carbocycles. The summed E-state index contributed by atoms with van der Waals surface area (Å²) in [5.74, 6) is -0.766. The Kier molecular flexibility index (Phi) is 5.67. The van der Waals surface area contributed by atoms with Gasteiger partial charge in [0.1, 0.15) is 11.4 Å². The highest BCUT2D eigenvalue weighted by Gasteiger charge is 2.29. The molecular formula is C22H26N4O4S. The summed E-state index contributed by atoms with van der Waals surface area (Å²) in [6, 6.07) is 3.75. The summed E-state index contributed by atoms with van der Waals surface area (Å²) < 4.78 is 15.4. The molecule has 0 aliphatic heterocycles. The van der Waals surface area contributed by atoms with Crippen molar-refractivity contribution in [1.82, 2.24) is 9.71 Å². The molecule has 8 nitrogen and oxygen atoms in total. The Labute approximate surface area is 183 Å². The molecule has 5 N–H and O–H groups in total. The van der Waals surface area contributed by atoms with Crippen molar-refractivity contribution >= 4 is 29.0 Å². The Morgan fingerprint density at radius 1 is 1.13 bits per heavy atom. The number of carbonyl (C=O) groups is 2. The van der Waals surface area contributed by atoms with Crippen LogP contribution in [0.1, 0.15) is 65.1 Å². The number of rotatable bonds is 5. The lowest BCUT2D eigenvalue weighted by Crippen LogP contribution is -2.36. The second-order valence-electron chi connectivity index (χ2n) is 8.50. The van der Waals surface area contributed by atoms with Crippen LogP contribution in [0.25, 0.3) is 0 Å². The van der Waals surface area contributed by atoms with Crippen LogP contribution in [0.5, 0.6) is 0 Å². The smallest absolute Gasteiger partial charge is 0.361 e. The number of anilines is 1. The molecule has 1 atom stereocenters. The van der Waals surface area contributed by atoms with Gasteiger partial charge in [0.25, 0.3) is 5.91 Å². The first-order chi connectivity index (χ1) is 14.6. The molecule has 0 unspecified atom stereocenters. The number of pyridine rings is 1. The highest BCUT2D eigenvalue weighted by atomic mass is 32.2. The average molecular weight is 443 g/mol. The highest BCUT2D eigenvalue weighted by Crippen LogP contribution is 2.36. The molecule has 0 bridgehead atoms. The van der Waals surface area contributed by atoms with Crippen LogP contribution in [0.4, 0.5) is 10.5 Å². The largest absolute Gasteiger partial charge is 0.588 e. The van der Waals surface area contributed by atoms with E-state index in [4.69, 9.17) is 10.7 Å². The normalized spacial score (nSPS) is 15.9. The van der Waals surface area contributed by atoms with Crippen LogP contribution >= 0.6 is 0 Å². The predicted octanol–water partition coefficient (Wildman–Crippen LogP) is 2.23. The number of benzene rings is 1. The number of nitrogens with one attached hydrogen (secondary N) is 2. The van der Waals surface area contributed by atoms with Crippen molar-refractivity contribution in [3.8, 4) is 0 Å². The SMILES string of the molecule is CC(C)(O)c1ccc(C(N)=O)c([S@@+]([O-])NC(=O)Nc2c3c(nc4c2CCC4)CCC3)c1. The first kappa shape index (κ1) is 21.6. The van der Waals surface area contributed by atoms with Gasteiger partial charge in [-0.1, -0.05) is 6.07 Å². The molecule has 164 valence electrons. The first-order valence-electron chi connectivity index (χ1n) is 10.3. The Morgan fingerprint density at radius 2 is 1.74 bits per heavy atom. The minimum absolute atomic E-state index is 0.0253. The van der Waals surface area contributed by atoms with Gasteiger partial charge in [-0.3, -0.25) is 9.78 Å². The number of primary amides is 1. The van der Waals surface area contributed by atoms with E-state index < -0.39 is 28.9 Å². The minimum atomic E-state index is -2.05. The minimum Gasteiger partial charge on any atom is -0.588 e. The predicted molar refractivity (Wildman–Crippen MR) is 117 cm³/mol. The number of hydrogen-bond donors (Lipinski definition) is 4. The molecule has 9 heteroatoms. The van der Waals surface area contributed by atoms with Crippen molar-refractivity contribution in [3.05, 3.63) is 51.8 Å².